The molecule has 2 aliphatic rings. The van der Waals surface area contributed by atoms with E-state index in [0.29, 0.717) is 12.8 Å². The van der Waals surface area contributed by atoms with E-state index in [1.807, 2.05) is 0 Å². The first-order chi connectivity index (χ1) is 9.04. The summed E-state index contributed by atoms with van der Waals surface area (Å²) in [6.07, 6.45) is -0.891. The van der Waals surface area contributed by atoms with Crippen molar-refractivity contribution in [3.63, 3.8) is 0 Å². The van der Waals surface area contributed by atoms with Crippen LogP contribution >= 0.6 is 0 Å². The van der Waals surface area contributed by atoms with Crippen LogP contribution in [0.1, 0.15) is 25.7 Å². The Balaban J connectivity index is 2.12. The molecule has 0 spiro atoms. The Hall–Kier alpha value is -1.31. The predicted molar refractivity (Wildman–Crippen MR) is 62.0 cm³/mol. The van der Waals surface area contributed by atoms with Crippen molar-refractivity contribution in [2.45, 2.75) is 50.1 Å². The van der Waals surface area contributed by atoms with Gasteiger partial charge in [-0.1, -0.05) is 6.42 Å². The van der Waals surface area contributed by atoms with Crippen LogP contribution in [0.25, 0.3) is 0 Å². The standard InChI is InChI=1S/C12H18O7/c13-5-7(15)10-11(9(16)12(17)19-10)18-8-4-2-1-3-6(8)14/h6-8,10,13-16H,1-5H2/t6?,7-,8?,10+/m0/s1. The van der Waals surface area contributed by atoms with Crippen molar-refractivity contribution in [1.82, 2.24) is 0 Å². The number of ether oxygens (including phenoxy) is 2. The molecule has 2 unspecified atom stereocenters. The number of carbonyl (C=O) groups excluding carboxylic acids is 1. The fraction of sp³-hybridized carbons (Fsp3) is 0.750. The van der Waals surface area contributed by atoms with E-state index in [1.165, 1.54) is 0 Å². The number of cyclic esters (lactones) is 1. The first-order valence-electron chi connectivity index (χ1n) is 6.32. The molecule has 1 saturated carbocycles. The zero-order valence-electron chi connectivity index (χ0n) is 10.4. The van der Waals surface area contributed by atoms with Crippen LogP contribution < -0.4 is 0 Å². The topological polar surface area (TPSA) is 116 Å². The maximum absolute atomic E-state index is 11.3. The second kappa shape index (κ2) is 5.77. The van der Waals surface area contributed by atoms with Crippen LogP contribution in [-0.2, 0) is 14.3 Å². The average molecular weight is 274 g/mol. The number of esters is 1. The van der Waals surface area contributed by atoms with Gasteiger partial charge in [-0.2, -0.15) is 0 Å². The molecule has 2 rings (SSSR count). The fourth-order valence-electron chi connectivity index (χ4n) is 2.31. The molecule has 0 radical (unpaired) electrons. The number of carbonyl (C=O) groups is 1. The van der Waals surface area contributed by atoms with E-state index in [2.05, 4.69) is 0 Å². The molecule has 0 bridgehead atoms. The molecule has 19 heavy (non-hydrogen) atoms. The van der Waals surface area contributed by atoms with Crippen molar-refractivity contribution in [2.75, 3.05) is 6.61 Å². The van der Waals surface area contributed by atoms with Gasteiger partial charge in [0, 0.05) is 0 Å². The van der Waals surface area contributed by atoms with E-state index < -0.39 is 42.8 Å². The van der Waals surface area contributed by atoms with E-state index in [0.717, 1.165) is 12.8 Å². The fourth-order valence-corrected chi connectivity index (χ4v) is 2.31. The lowest BCUT2D eigenvalue weighted by atomic mass is 9.94. The van der Waals surface area contributed by atoms with Gasteiger partial charge in [-0.15, -0.1) is 0 Å². The number of rotatable bonds is 4. The number of aliphatic hydroxyl groups is 4. The third-order valence-corrected chi connectivity index (χ3v) is 3.40. The lowest BCUT2D eigenvalue weighted by Crippen LogP contribution is -2.37. The minimum atomic E-state index is -1.37. The molecule has 1 heterocycles. The minimum Gasteiger partial charge on any atom is -0.499 e. The van der Waals surface area contributed by atoms with Crippen molar-refractivity contribution in [3.8, 4) is 0 Å². The van der Waals surface area contributed by atoms with E-state index >= 15 is 0 Å². The Morgan fingerprint density at radius 1 is 1.37 bits per heavy atom. The molecular weight excluding hydrogens is 256 g/mol. The predicted octanol–water partition coefficient (Wildman–Crippen LogP) is -0.645. The maximum atomic E-state index is 11.3. The largest absolute Gasteiger partial charge is 0.499 e. The second-order valence-electron chi connectivity index (χ2n) is 4.80. The summed E-state index contributed by atoms with van der Waals surface area (Å²) >= 11 is 0. The van der Waals surface area contributed by atoms with Gasteiger partial charge in [0.15, 0.2) is 11.9 Å². The first kappa shape index (κ1) is 14.1. The summed E-state index contributed by atoms with van der Waals surface area (Å²) in [7, 11) is 0. The zero-order valence-corrected chi connectivity index (χ0v) is 10.4. The van der Waals surface area contributed by atoms with Crippen molar-refractivity contribution in [2.24, 2.45) is 0 Å². The molecule has 0 aromatic rings. The highest BCUT2D eigenvalue weighted by molar-refractivity contribution is 5.89. The van der Waals surface area contributed by atoms with Crippen molar-refractivity contribution < 1.29 is 34.7 Å². The summed E-state index contributed by atoms with van der Waals surface area (Å²) < 4.78 is 10.2. The summed E-state index contributed by atoms with van der Waals surface area (Å²) in [6, 6.07) is 0. The van der Waals surface area contributed by atoms with Gasteiger partial charge in [-0.05, 0) is 19.3 Å². The number of aliphatic hydroxyl groups excluding tert-OH is 4. The summed E-state index contributed by atoms with van der Waals surface area (Å²) in [5.41, 5.74) is 0. The third kappa shape index (κ3) is 2.83. The van der Waals surface area contributed by atoms with Crippen molar-refractivity contribution >= 4 is 5.97 Å². The average Bonchev–Trinajstić information content (AvgIpc) is 2.68. The van der Waals surface area contributed by atoms with Crippen LogP contribution in [0, 0.1) is 0 Å². The van der Waals surface area contributed by atoms with Crippen molar-refractivity contribution in [3.05, 3.63) is 11.5 Å². The molecule has 7 heteroatoms. The highest BCUT2D eigenvalue weighted by Crippen LogP contribution is 2.30. The second-order valence-corrected chi connectivity index (χ2v) is 4.80. The molecule has 0 saturated heterocycles. The summed E-state index contributed by atoms with van der Waals surface area (Å²) in [4.78, 5) is 11.3. The molecule has 108 valence electrons. The molecule has 1 aliphatic heterocycles. The highest BCUT2D eigenvalue weighted by atomic mass is 16.6. The normalized spacial score (nSPS) is 33.2. The van der Waals surface area contributed by atoms with Crippen LogP contribution in [0.2, 0.25) is 0 Å². The molecule has 4 atom stereocenters. The molecule has 4 N–H and O–H groups in total. The number of hydrogen-bond donors (Lipinski definition) is 4. The van der Waals surface area contributed by atoms with E-state index in [4.69, 9.17) is 14.6 Å². The van der Waals surface area contributed by atoms with Gasteiger partial charge in [0.05, 0.1) is 12.7 Å². The third-order valence-electron chi connectivity index (χ3n) is 3.40. The molecule has 1 aliphatic carbocycles. The highest BCUT2D eigenvalue weighted by Gasteiger charge is 2.42. The Morgan fingerprint density at radius 2 is 2.05 bits per heavy atom. The Bertz CT molecular complexity index is 378. The van der Waals surface area contributed by atoms with E-state index in [9.17, 15) is 20.1 Å². The molecular formula is C12H18O7. The minimum absolute atomic E-state index is 0.211. The van der Waals surface area contributed by atoms with Gasteiger partial charge in [-0.25, -0.2) is 4.79 Å². The maximum Gasteiger partial charge on any atom is 0.378 e. The molecule has 7 nitrogen and oxygen atoms in total. The van der Waals surface area contributed by atoms with E-state index in [-0.39, 0.29) is 5.76 Å². The number of hydrogen-bond acceptors (Lipinski definition) is 7. The van der Waals surface area contributed by atoms with E-state index in [1.54, 1.807) is 0 Å². The smallest absolute Gasteiger partial charge is 0.378 e. The van der Waals surface area contributed by atoms with Crippen LogP contribution in [0.5, 0.6) is 0 Å². The van der Waals surface area contributed by atoms with Crippen LogP contribution in [0.3, 0.4) is 0 Å². The zero-order chi connectivity index (χ0) is 14.0. The van der Waals surface area contributed by atoms with Crippen molar-refractivity contribution in [1.29, 1.82) is 0 Å². The van der Waals surface area contributed by atoms with Crippen LogP contribution in [0.4, 0.5) is 0 Å². The monoisotopic (exact) mass is 274 g/mol. The van der Waals surface area contributed by atoms with Gasteiger partial charge in [0.25, 0.3) is 0 Å². The summed E-state index contributed by atoms with van der Waals surface area (Å²) in [6.45, 7) is -0.634. The quantitative estimate of drug-likeness (QED) is 0.503. The van der Waals surface area contributed by atoms with Gasteiger partial charge in [-0.3, -0.25) is 0 Å². The Kier molecular flexibility index (Phi) is 4.28. The molecule has 0 aromatic heterocycles. The van der Waals surface area contributed by atoms with Crippen LogP contribution in [0.15, 0.2) is 11.5 Å². The summed E-state index contributed by atoms with van der Waals surface area (Å²) in [5, 5.41) is 37.8. The lowest BCUT2D eigenvalue weighted by Gasteiger charge is -2.30. The lowest BCUT2D eigenvalue weighted by molar-refractivity contribution is -0.149. The van der Waals surface area contributed by atoms with Gasteiger partial charge < -0.3 is 29.9 Å². The molecule has 0 aromatic carbocycles. The SMILES string of the molecule is O=C1O[C@H]([C@@H](O)CO)C(OC2CCCCC2O)=C1O. The van der Waals surface area contributed by atoms with Crippen LogP contribution in [-0.4, -0.2) is 57.4 Å². The molecule has 1 fully saturated rings. The Morgan fingerprint density at radius 3 is 2.68 bits per heavy atom. The first-order valence-corrected chi connectivity index (χ1v) is 6.32. The van der Waals surface area contributed by atoms with Gasteiger partial charge in [0.2, 0.25) is 5.76 Å². The molecule has 0 amide bonds. The summed E-state index contributed by atoms with van der Waals surface area (Å²) in [5.74, 6) is -1.93. The van der Waals surface area contributed by atoms with Gasteiger partial charge in [0.1, 0.15) is 12.2 Å². The Labute approximate surface area is 110 Å². The van der Waals surface area contributed by atoms with Gasteiger partial charge >= 0.3 is 5.97 Å².